The number of hydrogen-bond donors (Lipinski definition) is 3. The summed E-state index contributed by atoms with van der Waals surface area (Å²) in [6.45, 7) is 3.51. The van der Waals surface area contributed by atoms with Crippen LogP contribution in [0.25, 0.3) is 11.0 Å². The third kappa shape index (κ3) is 3.57. The van der Waals surface area contributed by atoms with Gasteiger partial charge in [-0.1, -0.05) is 12.1 Å². The van der Waals surface area contributed by atoms with Crippen LogP contribution in [0.15, 0.2) is 24.3 Å². The van der Waals surface area contributed by atoms with E-state index in [1.54, 1.807) is 6.92 Å². The van der Waals surface area contributed by atoms with Gasteiger partial charge >= 0.3 is 0 Å². The molecule has 0 aliphatic heterocycles. The van der Waals surface area contributed by atoms with Crippen LogP contribution in [0.2, 0.25) is 0 Å². The molecule has 6 heteroatoms. The predicted octanol–water partition coefficient (Wildman–Crippen LogP) is 0.746. The molecule has 1 unspecified atom stereocenters. The molecule has 1 atom stereocenters. The zero-order valence-corrected chi connectivity index (χ0v) is 11.6. The second kappa shape index (κ2) is 6.18. The lowest BCUT2D eigenvalue weighted by atomic mass is 10.3. The largest absolute Gasteiger partial charge is 0.354 e. The number of carbonyl (C=O) groups is 2. The van der Waals surface area contributed by atoms with Crippen molar-refractivity contribution in [3.8, 4) is 0 Å². The molecule has 2 amide bonds. The lowest BCUT2D eigenvalue weighted by Gasteiger charge is -2.12. The molecule has 0 radical (unpaired) electrons. The topological polar surface area (TPSA) is 86.9 Å². The number of amides is 2. The van der Waals surface area contributed by atoms with E-state index in [9.17, 15) is 9.59 Å². The van der Waals surface area contributed by atoms with Crippen LogP contribution in [0.1, 0.15) is 19.7 Å². The molecule has 106 valence electrons. The summed E-state index contributed by atoms with van der Waals surface area (Å²) < 4.78 is 0. The zero-order chi connectivity index (χ0) is 14.5. The second-order valence-electron chi connectivity index (χ2n) is 4.66. The van der Waals surface area contributed by atoms with Gasteiger partial charge in [0, 0.05) is 19.9 Å². The Hall–Kier alpha value is -2.37. The van der Waals surface area contributed by atoms with Crippen molar-refractivity contribution >= 4 is 22.8 Å². The summed E-state index contributed by atoms with van der Waals surface area (Å²) in [4.78, 5) is 30.2. The maximum Gasteiger partial charge on any atom is 0.242 e. The minimum Gasteiger partial charge on any atom is -0.354 e. The maximum atomic E-state index is 11.7. The number of benzene rings is 1. The number of nitrogens with one attached hydrogen (secondary N) is 3. The summed E-state index contributed by atoms with van der Waals surface area (Å²) in [5.41, 5.74) is 1.90. The van der Waals surface area contributed by atoms with E-state index in [1.807, 2.05) is 24.3 Å². The lowest BCUT2D eigenvalue weighted by molar-refractivity contribution is -0.127. The third-order valence-corrected chi connectivity index (χ3v) is 2.91. The molecule has 6 nitrogen and oxygen atoms in total. The molecule has 2 rings (SSSR count). The van der Waals surface area contributed by atoms with Gasteiger partial charge in [0.25, 0.3) is 0 Å². The van der Waals surface area contributed by atoms with Gasteiger partial charge in [0.05, 0.1) is 11.0 Å². The molecule has 20 heavy (non-hydrogen) atoms. The van der Waals surface area contributed by atoms with Gasteiger partial charge in [0.15, 0.2) is 0 Å². The van der Waals surface area contributed by atoms with E-state index in [1.165, 1.54) is 6.92 Å². The van der Waals surface area contributed by atoms with Crippen LogP contribution in [-0.2, 0) is 16.0 Å². The molecule has 0 bridgehead atoms. The Labute approximate surface area is 117 Å². The van der Waals surface area contributed by atoms with Crippen LogP contribution >= 0.6 is 0 Å². The first kappa shape index (κ1) is 14.0. The Morgan fingerprint density at radius 1 is 1.35 bits per heavy atom. The number of aromatic amines is 1. The molecule has 3 N–H and O–H groups in total. The fourth-order valence-corrected chi connectivity index (χ4v) is 1.95. The molecular formula is C14H18N4O2. The highest BCUT2D eigenvalue weighted by molar-refractivity contribution is 5.86. The van der Waals surface area contributed by atoms with Crippen molar-refractivity contribution < 1.29 is 9.59 Å². The maximum absolute atomic E-state index is 11.7. The van der Waals surface area contributed by atoms with Gasteiger partial charge in [-0.05, 0) is 19.1 Å². The first-order valence-corrected chi connectivity index (χ1v) is 6.54. The van der Waals surface area contributed by atoms with Gasteiger partial charge in [-0.2, -0.15) is 0 Å². The predicted molar refractivity (Wildman–Crippen MR) is 76.1 cm³/mol. The Morgan fingerprint density at radius 3 is 2.80 bits per heavy atom. The highest BCUT2D eigenvalue weighted by Gasteiger charge is 2.12. The summed E-state index contributed by atoms with van der Waals surface area (Å²) >= 11 is 0. The summed E-state index contributed by atoms with van der Waals surface area (Å²) in [5.74, 6) is 0.417. The number of fused-ring (bicyclic) bond motifs is 1. The van der Waals surface area contributed by atoms with Crippen molar-refractivity contribution in [3.63, 3.8) is 0 Å². The Kier molecular flexibility index (Phi) is 4.34. The second-order valence-corrected chi connectivity index (χ2v) is 4.66. The average Bonchev–Trinajstić information content (AvgIpc) is 2.80. The first-order chi connectivity index (χ1) is 9.56. The average molecular weight is 274 g/mol. The van der Waals surface area contributed by atoms with Crippen LogP contribution in [0.5, 0.6) is 0 Å². The van der Waals surface area contributed by atoms with Crippen LogP contribution in [0.4, 0.5) is 0 Å². The highest BCUT2D eigenvalue weighted by atomic mass is 16.2. The minimum absolute atomic E-state index is 0.198. The fraction of sp³-hybridized carbons (Fsp3) is 0.357. The molecule has 0 saturated heterocycles. The van der Waals surface area contributed by atoms with Crippen LogP contribution in [0, 0.1) is 0 Å². The SMILES string of the molecule is CC(=O)NC(C)C(=O)NCCc1nc2ccccc2[nH]1. The van der Waals surface area contributed by atoms with Crippen molar-refractivity contribution in [2.75, 3.05) is 6.54 Å². The van der Waals surface area contributed by atoms with E-state index in [4.69, 9.17) is 0 Å². The van der Waals surface area contributed by atoms with Crippen molar-refractivity contribution in [2.45, 2.75) is 26.3 Å². The molecule has 0 aliphatic carbocycles. The smallest absolute Gasteiger partial charge is 0.242 e. The number of carbonyl (C=O) groups excluding carboxylic acids is 2. The number of para-hydroxylation sites is 2. The summed E-state index contributed by atoms with van der Waals surface area (Å²) in [5, 5.41) is 5.31. The molecular weight excluding hydrogens is 256 g/mol. The molecule has 0 aliphatic rings. The van der Waals surface area contributed by atoms with Crippen molar-refractivity contribution in [3.05, 3.63) is 30.1 Å². The quantitative estimate of drug-likeness (QED) is 0.751. The first-order valence-electron chi connectivity index (χ1n) is 6.54. The van der Waals surface area contributed by atoms with Crippen molar-refractivity contribution in [2.24, 2.45) is 0 Å². The number of hydrogen-bond acceptors (Lipinski definition) is 3. The van der Waals surface area contributed by atoms with Gasteiger partial charge < -0.3 is 15.6 Å². The van der Waals surface area contributed by atoms with Crippen LogP contribution in [0.3, 0.4) is 0 Å². The zero-order valence-electron chi connectivity index (χ0n) is 11.6. The molecule has 1 aromatic carbocycles. The van der Waals surface area contributed by atoms with Crippen molar-refractivity contribution in [1.29, 1.82) is 0 Å². The van der Waals surface area contributed by atoms with Gasteiger partial charge in [-0.25, -0.2) is 4.98 Å². The number of aromatic nitrogens is 2. The summed E-state index contributed by atoms with van der Waals surface area (Å²) in [6, 6.07) is 7.25. The highest BCUT2D eigenvalue weighted by Crippen LogP contribution is 2.10. The molecule has 1 heterocycles. The third-order valence-electron chi connectivity index (χ3n) is 2.91. The number of nitrogens with zero attached hydrogens (tertiary/aromatic N) is 1. The standard InChI is InChI=1S/C14H18N4O2/c1-9(16-10(2)19)14(20)15-8-7-13-17-11-5-3-4-6-12(11)18-13/h3-6,9H,7-8H2,1-2H3,(H,15,20)(H,16,19)(H,17,18). The molecule has 0 saturated carbocycles. The van der Waals surface area contributed by atoms with E-state index in [0.717, 1.165) is 16.9 Å². The summed E-state index contributed by atoms with van der Waals surface area (Å²) in [6.07, 6.45) is 0.618. The van der Waals surface area contributed by atoms with E-state index in [2.05, 4.69) is 20.6 Å². The monoisotopic (exact) mass is 274 g/mol. The van der Waals surface area contributed by atoms with E-state index in [0.29, 0.717) is 13.0 Å². The van der Waals surface area contributed by atoms with Gasteiger partial charge in [-0.15, -0.1) is 0 Å². The molecule has 2 aromatic rings. The van der Waals surface area contributed by atoms with Gasteiger partial charge in [-0.3, -0.25) is 9.59 Å². The molecule has 1 aromatic heterocycles. The van der Waals surface area contributed by atoms with E-state index >= 15 is 0 Å². The summed E-state index contributed by atoms with van der Waals surface area (Å²) in [7, 11) is 0. The lowest BCUT2D eigenvalue weighted by Crippen LogP contribution is -2.44. The number of imidazole rings is 1. The van der Waals surface area contributed by atoms with E-state index in [-0.39, 0.29) is 11.8 Å². The normalized spacial score (nSPS) is 12.1. The fourth-order valence-electron chi connectivity index (χ4n) is 1.95. The number of H-pyrrole nitrogens is 1. The Balaban J connectivity index is 1.83. The Bertz CT molecular complexity index is 587. The van der Waals surface area contributed by atoms with Crippen LogP contribution < -0.4 is 10.6 Å². The minimum atomic E-state index is -0.525. The van der Waals surface area contributed by atoms with Gasteiger partial charge in [0.1, 0.15) is 11.9 Å². The van der Waals surface area contributed by atoms with Crippen LogP contribution in [-0.4, -0.2) is 34.4 Å². The Morgan fingerprint density at radius 2 is 2.10 bits per heavy atom. The van der Waals surface area contributed by atoms with Crippen molar-refractivity contribution in [1.82, 2.24) is 20.6 Å². The molecule has 0 spiro atoms. The van der Waals surface area contributed by atoms with E-state index < -0.39 is 6.04 Å². The van der Waals surface area contributed by atoms with Gasteiger partial charge in [0.2, 0.25) is 11.8 Å². The number of rotatable bonds is 5. The molecule has 0 fully saturated rings.